The molecule has 1 aromatic carbocycles. The number of allylic oxidation sites excluding steroid dienone is 1. The Labute approximate surface area is 196 Å². The van der Waals surface area contributed by atoms with Gasteiger partial charge in [0.05, 0.1) is 12.2 Å². The highest BCUT2D eigenvalue weighted by Gasteiger charge is 2.19. The van der Waals surface area contributed by atoms with Crippen LogP contribution in [0, 0.1) is 6.92 Å². The predicted octanol–water partition coefficient (Wildman–Crippen LogP) is 2.34. The molecule has 33 heavy (non-hydrogen) atoms. The molecule has 3 rings (SSSR count). The predicted molar refractivity (Wildman–Crippen MR) is 133 cm³/mol. The molecule has 1 aliphatic heterocycles. The van der Waals surface area contributed by atoms with Crippen LogP contribution in [-0.4, -0.2) is 40.5 Å². The van der Waals surface area contributed by atoms with Crippen LogP contribution in [0.4, 0.5) is 0 Å². The van der Waals surface area contributed by atoms with Crippen molar-refractivity contribution in [3.63, 3.8) is 0 Å². The summed E-state index contributed by atoms with van der Waals surface area (Å²) in [6.45, 7) is 9.77. The van der Waals surface area contributed by atoms with Crippen molar-refractivity contribution in [1.82, 2.24) is 25.1 Å². The van der Waals surface area contributed by atoms with Gasteiger partial charge in [0.15, 0.2) is 0 Å². The monoisotopic (exact) mass is 451 g/mol. The van der Waals surface area contributed by atoms with Crippen molar-refractivity contribution < 1.29 is 4.79 Å². The van der Waals surface area contributed by atoms with Crippen LogP contribution in [0.3, 0.4) is 0 Å². The second-order valence-corrected chi connectivity index (χ2v) is 8.52. The lowest BCUT2D eigenvalue weighted by atomic mass is 10.1. The van der Waals surface area contributed by atoms with Crippen molar-refractivity contribution in [2.24, 2.45) is 11.5 Å². The van der Waals surface area contributed by atoms with E-state index >= 15 is 0 Å². The molecule has 2 heterocycles. The number of carbonyl (C=O) groups excluding carboxylic acids is 1. The van der Waals surface area contributed by atoms with E-state index in [2.05, 4.69) is 34.3 Å². The van der Waals surface area contributed by atoms with Crippen molar-refractivity contribution in [3.8, 4) is 11.3 Å². The van der Waals surface area contributed by atoms with Crippen molar-refractivity contribution in [1.29, 1.82) is 0 Å². The molecule has 8 nitrogen and oxygen atoms in total. The number of aromatic nitrogens is 2. The van der Waals surface area contributed by atoms with Gasteiger partial charge in [-0.25, -0.2) is 4.98 Å². The maximum absolute atomic E-state index is 13.0. The minimum absolute atomic E-state index is 0.192. The van der Waals surface area contributed by atoms with Gasteiger partial charge >= 0.3 is 0 Å². The summed E-state index contributed by atoms with van der Waals surface area (Å²) in [5, 5.41) is 6.38. The van der Waals surface area contributed by atoms with Crippen LogP contribution in [0.2, 0.25) is 0 Å². The fraction of sp³-hybridized carbons (Fsp3) is 0.440. The van der Waals surface area contributed by atoms with Gasteiger partial charge in [0, 0.05) is 49.8 Å². The lowest BCUT2D eigenvalue weighted by Gasteiger charge is -2.21. The maximum Gasteiger partial charge on any atom is 0.269 e. The number of carbonyl (C=O) groups is 1. The Morgan fingerprint density at radius 2 is 2.06 bits per heavy atom. The Bertz CT molecular complexity index is 1030. The average Bonchev–Trinajstić information content (AvgIpc) is 3.14. The van der Waals surface area contributed by atoms with Crippen molar-refractivity contribution >= 4 is 5.91 Å². The summed E-state index contributed by atoms with van der Waals surface area (Å²) in [4.78, 5) is 19.6. The largest absolute Gasteiger partial charge is 0.400 e. The lowest BCUT2D eigenvalue weighted by Crippen LogP contribution is -2.33. The van der Waals surface area contributed by atoms with E-state index in [1.807, 2.05) is 39.2 Å². The fourth-order valence-electron chi connectivity index (χ4n) is 4.12. The van der Waals surface area contributed by atoms with Crippen LogP contribution >= 0.6 is 0 Å². The molecule has 0 aliphatic carbocycles. The highest BCUT2D eigenvalue weighted by molar-refractivity contribution is 5.93. The maximum atomic E-state index is 13.0. The summed E-state index contributed by atoms with van der Waals surface area (Å²) in [6, 6.07) is 8.21. The first-order valence-electron chi connectivity index (χ1n) is 11.6. The normalized spacial score (nSPS) is 14.5. The molecule has 1 aliphatic rings. The summed E-state index contributed by atoms with van der Waals surface area (Å²) < 4.78 is 2.28. The number of rotatable bonds is 9. The third kappa shape index (κ3) is 5.83. The zero-order valence-corrected chi connectivity index (χ0v) is 20.2. The summed E-state index contributed by atoms with van der Waals surface area (Å²) >= 11 is 0. The van der Waals surface area contributed by atoms with E-state index in [-0.39, 0.29) is 5.91 Å². The second kappa shape index (κ2) is 11.2. The Kier molecular flexibility index (Phi) is 8.30. The van der Waals surface area contributed by atoms with E-state index in [9.17, 15) is 4.79 Å². The first-order valence-corrected chi connectivity index (χ1v) is 11.6. The third-order valence-electron chi connectivity index (χ3n) is 5.98. The zero-order valence-electron chi connectivity index (χ0n) is 20.2. The van der Waals surface area contributed by atoms with Crippen LogP contribution < -0.4 is 22.1 Å². The molecule has 0 unspecified atom stereocenters. The molecule has 0 bridgehead atoms. The molecule has 1 aromatic heterocycles. The van der Waals surface area contributed by atoms with Gasteiger partial charge in [0.2, 0.25) is 0 Å². The number of hydrogen-bond donors (Lipinski definition) is 4. The molecule has 178 valence electrons. The number of amides is 1. The molecule has 0 fully saturated rings. The number of benzene rings is 1. The smallest absolute Gasteiger partial charge is 0.269 e. The molecule has 1 amide bonds. The van der Waals surface area contributed by atoms with E-state index in [0.29, 0.717) is 30.9 Å². The quantitative estimate of drug-likeness (QED) is 0.435. The van der Waals surface area contributed by atoms with Crippen molar-refractivity contribution in [2.45, 2.75) is 53.2 Å². The average molecular weight is 452 g/mol. The number of hydrogen-bond acceptors (Lipinski definition) is 6. The van der Waals surface area contributed by atoms with Gasteiger partial charge in [-0.1, -0.05) is 36.8 Å². The first kappa shape index (κ1) is 24.5. The van der Waals surface area contributed by atoms with E-state index in [1.165, 1.54) is 5.69 Å². The van der Waals surface area contributed by atoms with Crippen LogP contribution in [0.1, 0.15) is 43.8 Å². The number of nitrogens with one attached hydrogen (secondary N) is 2. The fourth-order valence-corrected chi connectivity index (χ4v) is 4.12. The van der Waals surface area contributed by atoms with Crippen LogP contribution in [0.15, 0.2) is 47.4 Å². The van der Waals surface area contributed by atoms with E-state index in [4.69, 9.17) is 16.5 Å². The number of fused-ring (bicyclic) bond motifs is 1. The SMILES string of the molecule is CC/C(N)=C(\C(=O)NCc1ccc(-c2nc3n(c2C)CCNC3)cc1)N(C)/C=C(/C)CCN. The molecule has 2 aromatic rings. The highest BCUT2D eigenvalue weighted by Crippen LogP contribution is 2.25. The van der Waals surface area contributed by atoms with E-state index < -0.39 is 0 Å². The minimum Gasteiger partial charge on any atom is -0.400 e. The molecular weight excluding hydrogens is 414 g/mol. The zero-order chi connectivity index (χ0) is 24.0. The molecule has 8 heteroatoms. The summed E-state index contributed by atoms with van der Waals surface area (Å²) in [5.74, 6) is 0.889. The Hall–Kier alpha value is -3.10. The van der Waals surface area contributed by atoms with E-state index in [0.717, 1.165) is 54.3 Å². The Balaban J connectivity index is 1.69. The minimum atomic E-state index is -0.192. The highest BCUT2D eigenvalue weighted by atomic mass is 16.2. The molecule has 0 spiro atoms. The molecule has 0 atom stereocenters. The van der Waals surface area contributed by atoms with Gasteiger partial charge in [-0.2, -0.15) is 0 Å². The molecule has 0 saturated carbocycles. The van der Waals surface area contributed by atoms with Gasteiger partial charge in [-0.15, -0.1) is 0 Å². The third-order valence-corrected chi connectivity index (χ3v) is 5.98. The molecule has 6 N–H and O–H groups in total. The van der Waals surface area contributed by atoms with Crippen LogP contribution in [0.25, 0.3) is 11.3 Å². The van der Waals surface area contributed by atoms with Gasteiger partial charge < -0.3 is 31.6 Å². The number of likely N-dealkylation sites (N-methyl/N-ethyl adjacent to an activating group) is 1. The summed E-state index contributed by atoms with van der Waals surface area (Å²) in [5.41, 5.74) is 18.3. The van der Waals surface area contributed by atoms with Gasteiger partial charge in [-0.05, 0) is 38.8 Å². The number of nitrogens with zero attached hydrogens (tertiary/aromatic N) is 3. The van der Waals surface area contributed by atoms with Crippen LogP contribution in [-0.2, 0) is 24.4 Å². The van der Waals surface area contributed by atoms with Crippen LogP contribution in [0.5, 0.6) is 0 Å². The second-order valence-electron chi connectivity index (χ2n) is 8.52. The lowest BCUT2D eigenvalue weighted by molar-refractivity contribution is -0.118. The van der Waals surface area contributed by atoms with Crippen molar-refractivity contribution in [2.75, 3.05) is 20.1 Å². The number of imidazole rings is 1. The number of nitrogens with two attached hydrogens (primary N) is 2. The summed E-state index contributed by atoms with van der Waals surface area (Å²) in [6.07, 6.45) is 3.28. The molecular formula is C25H37N7O. The molecule has 0 radical (unpaired) electrons. The Morgan fingerprint density at radius 3 is 2.70 bits per heavy atom. The van der Waals surface area contributed by atoms with Crippen molar-refractivity contribution in [3.05, 3.63) is 64.5 Å². The van der Waals surface area contributed by atoms with Gasteiger partial charge in [0.25, 0.3) is 5.91 Å². The van der Waals surface area contributed by atoms with Gasteiger partial charge in [0.1, 0.15) is 11.5 Å². The Morgan fingerprint density at radius 1 is 1.33 bits per heavy atom. The van der Waals surface area contributed by atoms with Gasteiger partial charge in [-0.3, -0.25) is 4.79 Å². The first-order chi connectivity index (χ1) is 15.8. The summed E-state index contributed by atoms with van der Waals surface area (Å²) in [7, 11) is 1.84. The molecule has 0 saturated heterocycles. The standard InChI is InChI=1S/C25H37N7O/c1-5-21(27)24(31(4)16-17(2)10-11-26)25(33)29-14-19-6-8-20(9-7-19)23-18(3)32-13-12-28-15-22(32)30-23/h6-9,16,28H,5,10-15,26-27H2,1-4H3,(H,29,33)/b17-16-,24-21-. The topological polar surface area (TPSA) is 114 Å². The van der Waals surface area contributed by atoms with E-state index in [1.54, 1.807) is 4.90 Å².